The van der Waals surface area contributed by atoms with Gasteiger partial charge in [-0.3, -0.25) is 4.90 Å². The summed E-state index contributed by atoms with van der Waals surface area (Å²) in [4.78, 5) is 15.4. The van der Waals surface area contributed by atoms with Crippen LogP contribution in [0.1, 0.15) is 31.2 Å². The van der Waals surface area contributed by atoms with Gasteiger partial charge in [0, 0.05) is 32.2 Å². The van der Waals surface area contributed by atoms with Crippen LogP contribution < -0.4 is 5.32 Å². The zero-order valence-corrected chi connectivity index (χ0v) is 14.3. The Kier molecular flexibility index (Phi) is 4.76. The molecular formula is C18H25F2N3O. The van der Waals surface area contributed by atoms with Crippen molar-refractivity contribution in [3.8, 4) is 0 Å². The lowest BCUT2D eigenvalue weighted by Gasteiger charge is -2.52. The van der Waals surface area contributed by atoms with E-state index in [9.17, 15) is 13.6 Å². The van der Waals surface area contributed by atoms with Crippen LogP contribution in [0.2, 0.25) is 0 Å². The second kappa shape index (κ2) is 6.67. The molecule has 2 amide bonds. The average molecular weight is 337 g/mol. The van der Waals surface area contributed by atoms with Gasteiger partial charge in [0.15, 0.2) is 0 Å². The number of nitrogens with one attached hydrogen (secondary N) is 1. The van der Waals surface area contributed by atoms with Gasteiger partial charge in [-0.1, -0.05) is 0 Å². The third-order valence-corrected chi connectivity index (χ3v) is 5.41. The monoisotopic (exact) mass is 337 g/mol. The van der Waals surface area contributed by atoms with E-state index in [1.54, 1.807) is 19.0 Å². The zero-order chi connectivity index (χ0) is 17.3. The summed E-state index contributed by atoms with van der Waals surface area (Å²) in [6, 6.07) is 3.87. The van der Waals surface area contributed by atoms with E-state index in [4.69, 9.17) is 0 Å². The number of hydrogen-bond acceptors (Lipinski definition) is 2. The van der Waals surface area contributed by atoms with E-state index < -0.39 is 5.82 Å². The fraction of sp³-hybridized carbons (Fsp3) is 0.611. The molecule has 24 heavy (non-hydrogen) atoms. The fourth-order valence-corrected chi connectivity index (χ4v) is 3.89. The number of halogens is 2. The van der Waals surface area contributed by atoms with E-state index >= 15 is 0 Å². The van der Waals surface area contributed by atoms with Gasteiger partial charge in [0.25, 0.3) is 0 Å². The van der Waals surface area contributed by atoms with Crippen molar-refractivity contribution in [2.75, 3.05) is 27.2 Å². The molecule has 0 bridgehead atoms. The van der Waals surface area contributed by atoms with Crippen LogP contribution in [0.3, 0.4) is 0 Å². The van der Waals surface area contributed by atoms with Crippen LogP contribution in [-0.2, 0) is 6.54 Å². The van der Waals surface area contributed by atoms with Crippen LogP contribution in [0.15, 0.2) is 18.2 Å². The van der Waals surface area contributed by atoms with Gasteiger partial charge in [-0.05, 0) is 62.4 Å². The lowest BCUT2D eigenvalue weighted by molar-refractivity contribution is 0.00609. The largest absolute Gasteiger partial charge is 0.335 e. The average Bonchev–Trinajstić information content (AvgIpc) is 2.51. The molecule has 1 aliphatic heterocycles. The third-order valence-electron chi connectivity index (χ3n) is 5.41. The second-order valence-corrected chi connectivity index (χ2v) is 7.46. The van der Waals surface area contributed by atoms with Crippen molar-refractivity contribution < 1.29 is 13.6 Å². The van der Waals surface area contributed by atoms with E-state index in [1.165, 1.54) is 12.1 Å². The van der Waals surface area contributed by atoms with Crippen molar-refractivity contribution in [1.29, 1.82) is 0 Å². The molecule has 132 valence electrons. The minimum Gasteiger partial charge on any atom is -0.335 e. The molecule has 0 unspecified atom stereocenters. The van der Waals surface area contributed by atoms with Gasteiger partial charge in [-0.25, -0.2) is 13.6 Å². The lowest BCUT2D eigenvalue weighted by Crippen LogP contribution is -2.56. The predicted molar refractivity (Wildman–Crippen MR) is 88.5 cm³/mol. The highest BCUT2D eigenvalue weighted by Gasteiger charge is 2.46. The molecule has 6 heteroatoms. The van der Waals surface area contributed by atoms with Gasteiger partial charge in [0.2, 0.25) is 0 Å². The maximum atomic E-state index is 13.8. The maximum Gasteiger partial charge on any atom is 0.317 e. The molecule has 0 aromatic heterocycles. The molecule has 1 saturated heterocycles. The molecule has 1 saturated carbocycles. The summed E-state index contributed by atoms with van der Waals surface area (Å²) in [6.07, 6.45) is 4.15. The van der Waals surface area contributed by atoms with Crippen LogP contribution in [0.5, 0.6) is 0 Å². The topological polar surface area (TPSA) is 35.6 Å². The van der Waals surface area contributed by atoms with E-state index in [0.29, 0.717) is 17.5 Å². The maximum absolute atomic E-state index is 13.8. The molecule has 1 N–H and O–H groups in total. The number of carbonyl (C=O) groups is 1. The van der Waals surface area contributed by atoms with Crippen molar-refractivity contribution in [3.63, 3.8) is 0 Å². The van der Waals surface area contributed by atoms with Crippen LogP contribution in [0, 0.1) is 17.0 Å². The molecule has 0 atom stereocenters. The predicted octanol–water partition coefficient (Wildman–Crippen LogP) is 2.98. The lowest BCUT2D eigenvalue weighted by atomic mass is 9.60. The highest BCUT2D eigenvalue weighted by Crippen LogP contribution is 2.49. The molecule has 2 aliphatic rings. The minimum atomic E-state index is -0.390. The molecule has 1 heterocycles. The molecule has 1 aromatic carbocycles. The van der Waals surface area contributed by atoms with Crippen molar-refractivity contribution in [1.82, 2.24) is 15.1 Å². The summed E-state index contributed by atoms with van der Waals surface area (Å²) in [5, 5.41) is 3.03. The van der Waals surface area contributed by atoms with Gasteiger partial charge < -0.3 is 10.2 Å². The summed E-state index contributed by atoms with van der Waals surface area (Å²) in [6.45, 7) is 2.25. The van der Waals surface area contributed by atoms with Gasteiger partial charge in [0.05, 0.1) is 0 Å². The highest BCUT2D eigenvalue weighted by atomic mass is 19.1. The number of rotatable bonds is 3. The third kappa shape index (κ3) is 3.69. The summed E-state index contributed by atoms with van der Waals surface area (Å²) in [5.74, 6) is -0.731. The van der Waals surface area contributed by atoms with Gasteiger partial charge >= 0.3 is 6.03 Å². The number of benzene rings is 1. The van der Waals surface area contributed by atoms with E-state index in [-0.39, 0.29) is 17.9 Å². The first-order valence-corrected chi connectivity index (χ1v) is 8.51. The molecular weight excluding hydrogens is 312 g/mol. The highest BCUT2D eigenvalue weighted by molar-refractivity contribution is 5.74. The van der Waals surface area contributed by atoms with Crippen LogP contribution in [0.4, 0.5) is 13.6 Å². The molecule has 0 radical (unpaired) electrons. The standard InChI is InChI=1S/C18H25F2N3O/c1-22(2)17(24)21-15-10-18(11-15)5-7-23(8-6-18)12-13-9-14(19)3-4-16(13)20/h3-4,9,15H,5-8,10-12H2,1-2H3,(H,21,24). The Morgan fingerprint density at radius 1 is 1.29 bits per heavy atom. The van der Waals surface area contributed by atoms with Crippen LogP contribution >= 0.6 is 0 Å². The summed E-state index contributed by atoms with van der Waals surface area (Å²) >= 11 is 0. The smallest absolute Gasteiger partial charge is 0.317 e. The van der Waals surface area contributed by atoms with E-state index in [1.807, 2.05) is 0 Å². The molecule has 1 aliphatic carbocycles. The number of carbonyl (C=O) groups excluding carboxylic acids is 1. The van der Waals surface area contributed by atoms with Gasteiger partial charge in [0.1, 0.15) is 11.6 Å². The SMILES string of the molecule is CN(C)C(=O)NC1CC2(CCN(Cc3cc(F)ccc3F)CC2)C1. The Morgan fingerprint density at radius 2 is 1.96 bits per heavy atom. The molecule has 4 nitrogen and oxygen atoms in total. The molecule has 1 aromatic rings. The Hall–Kier alpha value is -1.69. The Bertz CT molecular complexity index is 604. The number of nitrogens with zero attached hydrogens (tertiary/aromatic N) is 2. The molecule has 1 spiro atoms. The fourth-order valence-electron chi connectivity index (χ4n) is 3.89. The minimum absolute atomic E-state index is 0.0335. The number of piperidine rings is 1. The summed E-state index contributed by atoms with van der Waals surface area (Å²) in [5.41, 5.74) is 0.747. The molecule has 3 rings (SSSR count). The first-order valence-electron chi connectivity index (χ1n) is 8.51. The van der Waals surface area contributed by atoms with Gasteiger partial charge in [-0.2, -0.15) is 0 Å². The van der Waals surface area contributed by atoms with Crippen LogP contribution in [0.25, 0.3) is 0 Å². The number of hydrogen-bond donors (Lipinski definition) is 1. The van der Waals surface area contributed by atoms with E-state index in [2.05, 4.69) is 10.2 Å². The Morgan fingerprint density at radius 3 is 2.58 bits per heavy atom. The van der Waals surface area contributed by atoms with Gasteiger partial charge in [-0.15, -0.1) is 0 Å². The van der Waals surface area contributed by atoms with Crippen molar-refractivity contribution in [2.45, 2.75) is 38.3 Å². The second-order valence-electron chi connectivity index (χ2n) is 7.46. The first kappa shape index (κ1) is 17.1. The number of likely N-dealkylation sites (tertiary alicyclic amines) is 1. The summed E-state index contributed by atoms with van der Waals surface area (Å²) in [7, 11) is 3.49. The number of urea groups is 1. The number of amides is 2. The van der Waals surface area contributed by atoms with Crippen LogP contribution in [-0.4, -0.2) is 49.1 Å². The quantitative estimate of drug-likeness (QED) is 0.920. The summed E-state index contributed by atoms with van der Waals surface area (Å²) < 4.78 is 27.0. The normalized spacial score (nSPS) is 20.7. The van der Waals surface area contributed by atoms with Crippen molar-refractivity contribution in [2.24, 2.45) is 5.41 Å². The Labute approximate surface area is 141 Å². The van der Waals surface area contributed by atoms with Crippen molar-refractivity contribution in [3.05, 3.63) is 35.4 Å². The zero-order valence-electron chi connectivity index (χ0n) is 14.3. The molecule has 2 fully saturated rings. The first-order chi connectivity index (χ1) is 11.4. The Balaban J connectivity index is 1.47. The van der Waals surface area contributed by atoms with Crippen molar-refractivity contribution >= 4 is 6.03 Å². The van der Waals surface area contributed by atoms with E-state index in [0.717, 1.165) is 44.8 Å².